The highest BCUT2D eigenvalue weighted by Gasteiger charge is 2.39. The number of nitrogens with two attached hydrogens (primary N) is 1. The van der Waals surface area contributed by atoms with Crippen molar-refractivity contribution in [2.75, 3.05) is 38.2 Å². The third-order valence-corrected chi connectivity index (χ3v) is 6.40. The number of hydrogen-bond acceptors (Lipinski definition) is 3. The van der Waals surface area contributed by atoms with E-state index in [-0.39, 0.29) is 5.54 Å². The zero-order chi connectivity index (χ0) is 17.8. The summed E-state index contributed by atoms with van der Waals surface area (Å²) in [7, 11) is 0. The molecular formula is C21H32N4O. The van der Waals surface area contributed by atoms with Gasteiger partial charge in [0.25, 0.3) is 0 Å². The van der Waals surface area contributed by atoms with Crippen molar-refractivity contribution < 1.29 is 4.74 Å². The first-order valence-corrected chi connectivity index (χ1v) is 10.3. The minimum Gasteiger partial charge on any atom is -0.381 e. The summed E-state index contributed by atoms with van der Waals surface area (Å²) >= 11 is 0. The standard InChI is InChI=1S/C21H32N4O/c22-20(24-19-9-5-7-17-6-1-2-8-18(17)19)23-16-21(10-14-26-15-11-21)25-12-3-4-13-25/h5,7,9H,1-4,6,8,10-16H2,(H3,22,23,24). The van der Waals surface area contributed by atoms with E-state index in [9.17, 15) is 0 Å². The molecule has 0 saturated carbocycles. The molecule has 0 amide bonds. The van der Waals surface area contributed by atoms with Crippen LogP contribution in [0.1, 0.15) is 49.7 Å². The van der Waals surface area contributed by atoms with Gasteiger partial charge in [0.2, 0.25) is 0 Å². The molecule has 1 aromatic rings. The summed E-state index contributed by atoms with van der Waals surface area (Å²) in [5.74, 6) is 0.550. The van der Waals surface area contributed by atoms with Crippen molar-refractivity contribution in [3.05, 3.63) is 29.3 Å². The van der Waals surface area contributed by atoms with Crippen molar-refractivity contribution in [2.45, 2.75) is 56.9 Å². The minimum absolute atomic E-state index is 0.136. The quantitative estimate of drug-likeness (QED) is 0.643. The molecule has 2 heterocycles. The van der Waals surface area contributed by atoms with Crippen LogP contribution in [0, 0.1) is 0 Å². The van der Waals surface area contributed by atoms with Crippen molar-refractivity contribution in [1.29, 1.82) is 0 Å². The number of rotatable bonds is 4. The number of guanidine groups is 1. The van der Waals surface area contributed by atoms with Crippen molar-refractivity contribution in [3.63, 3.8) is 0 Å². The Balaban J connectivity index is 1.47. The van der Waals surface area contributed by atoms with Gasteiger partial charge in [-0.05, 0) is 81.6 Å². The second-order valence-electron chi connectivity index (χ2n) is 8.01. The van der Waals surface area contributed by atoms with Crippen LogP contribution < -0.4 is 11.1 Å². The van der Waals surface area contributed by atoms with E-state index in [1.54, 1.807) is 0 Å². The first-order chi connectivity index (χ1) is 12.8. The third kappa shape index (κ3) is 3.74. The van der Waals surface area contributed by atoms with E-state index in [4.69, 9.17) is 15.5 Å². The molecular weight excluding hydrogens is 324 g/mol. The summed E-state index contributed by atoms with van der Waals surface area (Å²) in [6.07, 6.45) is 9.60. The number of aliphatic imine (C=N–C) groups is 1. The van der Waals surface area contributed by atoms with Gasteiger partial charge in [0.1, 0.15) is 0 Å². The SMILES string of the molecule is NC(=NCC1(N2CCCC2)CCOCC1)Nc1cccc2c1CCCC2. The summed E-state index contributed by atoms with van der Waals surface area (Å²) < 4.78 is 5.63. The van der Waals surface area contributed by atoms with Crippen molar-refractivity contribution >= 4 is 11.6 Å². The molecule has 5 heteroatoms. The average Bonchev–Trinajstić information content (AvgIpc) is 3.23. The topological polar surface area (TPSA) is 62.9 Å². The molecule has 3 N–H and O–H groups in total. The summed E-state index contributed by atoms with van der Waals surface area (Å²) in [5, 5.41) is 3.40. The Hall–Kier alpha value is -1.59. The van der Waals surface area contributed by atoms with Crippen LogP contribution in [0.25, 0.3) is 0 Å². The van der Waals surface area contributed by atoms with Crippen molar-refractivity contribution in [2.24, 2.45) is 10.7 Å². The lowest BCUT2D eigenvalue weighted by Crippen LogP contribution is -2.53. The number of ether oxygens (including phenoxy) is 1. The molecule has 0 radical (unpaired) electrons. The molecule has 0 spiro atoms. The number of anilines is 1. The molecule has 0 bridgehead atoms. The van der Waals surface area contributed by atoms with Gasteiger partial charge in [-0.2, -0.15) is 0 Å². The number of fused-ring (bicyclic) bond motifs is 1. The van der Waals surface area contributed by atoms with E-state index >= 15 is 0 Å². The zero-order valence-electron chi connectivity index (χ0n) is 15.8. The highest BCUT2D eigenvalue weighted by molar-refractivity contribution is 5.93. The minimum atomic E-state index is 0.136. The van der Waals surface area contributed by atoms with Crippen LogP contribution in [-0.4, -0.2) is 49.2 Å². The van der Waals surface area contributed by atoms with E-state index in [0.29, 0.717) is 5.96 Å². The highest BCUT2D eigenvalue weighted by atomic mass is 16.5. The van der Waals surface area contributed by atoms with Gasteiger partial charge in [-0.25, -0.2) is 0 Å². The molecule has 5 nitrogen and oxygen atoms in total. The Morgan fingerprint density at radius 3 is 2.69 bits per heavy atom. The predicted octanol–water partition coefficient (Wildman–Crippen LogP) is 2.94. The van der Waals surface area contributed by atoms with Gasteiger partial charge in [-0.15, -0.1) is 0 Å². The molecule has 0 unspecified atom stereocenters. The number of nitrogens with zero attached hydrogens (tertiary/aromatic N) is 2. The lowest BCUT2D eigenvalue weighted by atomic mass is 9.88. The van der Waals surface area contributed by atoms with E-state index in [0.717, 1.165) is 44.7 Å². The van der Waals surface area contributed by atoms with E-state index in [2.05, 4.69) is 28.4 Å². The normalized spacial score (nSPS) is 23.6. The first kappa shape index (κ1) is 17.8. The lowest BCUT2D eigenvalue weighted by molar-refractivity contribution is -0.0138. The van der Waals surface area contributed by atoms with Gasteiger partial charge in [0.15, 0.2) is 5.96 Å². The monoisotopic (exact) mass is 356 g/mol. The van der Waals surface area contributed by atoms with Crippen LogP contribution in [0.4, 0.5) is 5.69 Å². The Morgan fingerprint density at radius 2 is 1.88 bits per heavy atom. The summed E-state index contributed by atoms with van der Waals surface area (Å²) in [6, 6.07) is 6.51. The number of hydrogen-bond donors (Lipinski definition) is 2. The Kier molecular flexibility index (Phi) is 5.46. The van der Waals surface area contributed by atoms with Gasteiger partial charge >= 0.3 is 0 Å². The van der Waals surface area contributed by atoms with Crippen LogP contribution in [0.15, 0.2) is 23.2 Å². The molecule has 1 aliphatic carbocycles. The van der Waals surface area contributed by atoms with Crippen LogP contribution >= 0.6 is 0 Å². The molecule has 26 heavy (non-hydrogen) atoms. The number of likely N-dealkylation sites (tertiary alicyclic amines) is 1. The Bertz CT molecular complexity index is 645. The van der Waals surface area contributed by atoms with Gasteiger partial charge in [-0.1, -0.05) is 12.1 Å². The molecule has 0 aromatic heterocycles. The molecule has 3 aliphatic rings. The largest absolute Gasteiger partial charge is 0.381 e. The van der Waals surface area contributed by atoms with E-state index in [1.807, 2.05) is 0 Å². The molecule has 2 saturated heterocycles. The Morgan fingerprint density at radius 1 is 1.12 bits per heavy atom. The molecule has 0 atom stereocenters. The second kappa shape index (κ2) is 7.97. The second-order valence-corrected chi connectivity index (χ2v) is 8.01. The van der Waals surface area contributed by atoms with Crippen LogP contribution in [0.3, 0.4) is 0 Å². The molecule has 2 fully saturated rings. The fraction of sp³-hybridized carbons (Fsp3) is 0.667. The predicted molar refractivity (Wildman–Crippen MR) is 107 cm³/mol. The van der Waals surface area contributed by atoms with Crippen LogP contribution in [-0.2, 0) is 17.6 Å². The maximum Gasteiger partial charge on any atom is 0.193 e. The van der Waals surface area contributed by atoms with Gasteiger partial charge in [0.05, 0.1) is 6.54 Å². The summed E-state index contributed by atoms with van der Waals surface area (Å²) in [4.78, 5) is 7.43. The third-order valence-electron chi connectivity index (χ3n) is 6.40. The van der Waals surface area contributed by atoms with Crippen molar-refractivity contribution in [3.8, 4) is 0 Å². The summed E-state index contributed by atoms with van der Waals surface area (Å²) in [6.45, 7) is 4.82. The fourth-order valence-corrected chi connectivity index (χ4v) is 4.83. The van der Waals surface area contributed by atoms with E-state index < -0.39 is 0 Å². The van der Waals surface area contributed by atoms with Gasteiger partial charge < -0.3 is 15.8 Å². The molecule has 2 aliphatic heterocycles. The van der Waals surface area contributed by atoms with Crippen LogP contribution in [0.5, 0.6) is 0 Å². The number of benzene rings is 1. The summed E-state index contributed by atoms with van der Waals surface area (Å²) in [5.41, 5.74) is 10.5. The maximum absolute atomic E-state index is 6.30. The van der Waals surface area contributed by atoms with E-state index in [1.165, 1.54) is 56.3 Å². The fourth-order valence-electron chi connectivity index (χ4n) is 4.83. The van der Waals surface area contributed by atoms with Gasteiger partial charge in [-0.3, -0.25) is 9.89 Å². The highest BCUT2D eigenvalue weighted by Crippen LogP contribution is 2.32. The molecule has 142 valence electrons. The average molecular weight is 357 g/mol. The maximum atomic E-state index is 6.30. The Labute approximate surface area is 157 Å². The number of nitrogens with one attached hydrogen (secondary N) is 1. The zero-order valence-corrected chi connectivity index (χ0v) is 15.8. The molecule has 1 aromatic carbocycles. The van der Waals surface area contributed by atoms with Crippen LogP contribution in [0.2, 0.25) is 0 Å². The first-order valence-electron chi connectivity index (χ1n) is 10.3. The molecule has 4 rings (SSSR count). The lowest BCUT2D eigenvalue weighted by Gasteiger charge is -2.43. The van der Waals surface area contributed by atoms with Crippen molar-refractivity contribution in [1.82, 2.24) is 4.90 Å². The van der Waals surface area contributed by atoms with Gasteiger partial charge in [0, 0.05) is 24.4 Å². The number of aryl methyl sites for hydroxylation is 1. The smallest absolute Gasteiger partial charge is 0.193 e.